The summed E-state index contributed by atoms with van der Waals surface area (Å²) in [6.45, 7) is 0. The van der Waals surface area contributed by atoms with Gasteiger partial charge in [0.2, 0.25) is 0 Å². The smallest absolute Gasteiger partial charge is 0.166 e. The Morgan fingerprint density at radius 1 is 0.700 bits per heavy atom. The fourth-order valence-electron chi connectivity index (χ4n) is 1.65. The van der Waals surface area contributed by atoms with E-state index in [0.717, 1.165) is 42.5 Å². The first-order valence-corrected chi connectivity index (χ1v) is 5.44. The third-order valence-electron chi connectivity index (χ3n) is 2.65. The molecule has 0 bridgehead atoms. The normalized spacial score (nSPS) is 12.5. The largest absolute Gasteiger partial charge is 0.416 e. The molecule has 0 spiro atoms. The molecule has 0 aliphatic rings. The van der Waals surface area contributed by atoms with Crippen LogP contribution in [0.15, 0.2) is 42.5 Å². The zero-order chi connectivity index (χ0) is 15.0. The molecule has 0 unspecified atom stereocenters. The molecule has 0 N–H and O–H groups in total. The third-order valence-corrected chi connectivity index (χ3v) is 2.65. The van der Waals surface area contributed by atoms with Crippen LogP contribution in [0.1, 0.15) is 11.1 Å². The molecule has 2 rings (SSSR count). The second kappa shape index (κ2) is 4.85. The van der Waals surface area contributed by atoms with Gasteiger partial charge in [-0.3, -0.25) is 0 Å². The number of halogens is 6. The Balaban J connectivity index is 2.38. The minimum Gasteiger partial charge on any atom is -0.166 e. The molecule has 0 atom stereocenters. The number of rotatable bonds is 1. The van der Waals surface area contributed by atoms with Gasteiger partial charge in [0.25, 0.3) is 0 Å². The Morgan fingerprint density at radius 2 is 1.25 bits per heavy atom. The van der Waals surface area contributed by atoms with E-state index in [4.69, 9.17) is 0 Å². The van der Waals surface area contributed by atoms with Crippen molar-refractivity contribution in [2.24, 2.45) is 0 Å². The molecule has 0 saturated carbocycles. The average molecular weight is 289 g/mol. The molecular formula is C14H7F6. The first-order valence-electron chi connectivity index (χ1n) is 5.44. The van der Waals surface area contributed by atoms with Gasteiger partial charge in [0.05, 0.1) is 11.1 Å². The van der Waals surface area contributed by atoms with E-state index in [1.54, 1.807) is 0 Å². The summed E-state index contributed by atoms with van der Waals surface area (Å²) in [6, 6.07) is 9.26. The molecule has 0 heterocycles. The summed E-state index contributed by atoms with van der Waals surface area (Å²) >= 11 is 0. The maximum Gasteiger partial charge on any atom is 0.416 e. The zero-order valence-electron chi connectivity index (χ0n) is 9.81. The van der Waals surface area contributed by atoms with Crippen LogP contribution in [0.5, 0.6) is 0 Å². The lowest BCUT2D eigenvalue weighted by Crippen LogP contribution is -2.05. The van der Waals surface area contributed by atoms with Crippen molar-refractivity contribution in [2.45, 2.75) is 12.4 Å². The van der Waals surface area contributed by atoms with Crippen molar-refractivity contribution >= 4 is 0 Å². The van der Waals surface area contributed by atoms with E-state index >= 15 is 0 Å². The van der Waals surface area contributed by atoms with Crippen molar-refractivity contribution in [3.05, 3.63) is 59.7 Å². The van der Waals surface area contributed by atoms with Crippen molar-refractivity contribution in [3.8, 4) is 11.1 Å². The molecule has 0 aliphatic carbocycles. The Bertz CT molecular complexity index is 592. The van der Waals surface area contributed by atoms with Gasteiger partial charge in [0.15, 0.2) is 0 Å². The molecule has 20 heavy (non-hydrogen) atoms. The molecule has 6 heteroatoms. The zero-order valence-corrected chi connectivity index (χ0v) is 9.81. The molecule has 0 aliphatic heterocycles. The molecule has 0 nitrogen and oxygen atoms in total. The number of benzene rings is 2. The SMILES string of the molecule is FC(F)(F)c1ccc(-c2[c]ccc(C(F)(F)F)c2)cc1. The van der Waals surface area contributed by atoms with Crippen molar-refractivity contribution in [1.29, 1.82) is 0 Å². The maximum atomic E-state index is 12.5. The van der Waals surface area contributed by atoms with Crippen LogP contribution in [0.25, 0.3) is 11.1 Å². The third kappa shape index (κ3) is 3.12. The fraction of sp³-hybridized carbons (Fsp3) is 0.143. The molecule has 0 fully saturated rings. The highest BCUT2D eigenvalue weighted by molar-refractivity contribution is 5.64. The van der Waals surface area contributed by atoms with Crippen LogP contribution in [0.2, 0.25) is 0 Å². The molecule has 0 amide bonds. The summed E-state index contributed by atoms with van der Waals surface area (Å²) in [7, 11) is 0. The Morgan fingerprint density at radius 3 is 1.75 bits per heavy atom. The van der Waals surface area contributed by atoms with Crippen LogP contribution in [0, 0.1) is 6.07 Å². The Hall–Kier alpha value is -1.98. The summed E-state index contributed by atoms with van der Waals surface area (Å²) in [5.74, 6) is 0. The first-order chi connectivity index (χ1) is 9.18. The van der Waals surface area contributed by atoms with Crippen LogP contribution < -0.4 is 0 Å². The lowest BCUT2D eigenvalue weighted by molar-refractivity contribution is -0.138. The van der Waals surface area contributed by atoms with Crippen molar-refractivity contribution in [2.75, 3.05) is 0 Å². The van der Waals surface area contributed by atoms with E-state index in [9.17, 15) is 26.3 Å². The van der Waals surface area contributed by atoms with Crippen LogP contribution in [0.4, 0.5) is 26.3 Å². The van der Waals surface area contributed by atoms with E-state index in [2.05, 4.69) is 6.07 Å². The Kier molecular flexibility index (Phi) is 3.50. The highest BCUT2D eigenvalue weighted by Gasteiger charge is 2.31. The number of hydrogen-bond donors (Lipinski definition) is 0. The van der Waals surface area contributed by atoms with E-state index in [-0.39, 0.29) is 11.1 Å². The highest BCUT2D eigenvalue weighted by Crippen LogP contribution is 2.33. The molecule has 1 radical (unpaired) electrons. The van der Waals surface area contributed by atoms with Gasteiger partial charge < -0.3 is 0 Å². The summed E-state index contributed by atoms with van der Waals surface area (Å²) in [5, 5.41) is 0. The molecular weight excluding hydrogens is 282 g/mol. The monoisotopic (exact) mass is 289 g/mol. The van der Waals surface area contributed by atoms with Crippen LogP contribution >= 0.6 is 0 Å². The van der Waals surface area contributed by atoms with E-state index in [0.29, 0.717) is 0 Å². The molecule has 0 aromatic heterocycles. The van der Waals surface area contributed by atoms with Gasteiger partial charge in [0.1, 0.15) is 0 Å². The van der Waals surface area contributed by atoms with Gasteiger partial charge in [-0.25, -0.2) is 0 Å². The van der Waals surface area contributed by atoms with E-state index < -0.39 is 23.5 Å². The van der Waals surface area contributed by atoms with Crippen LogP contribution in [-0.4, -0.2) is 0 Å². The van der Waals surface area contributed by atoms with Gasteiger partial charge in [-0.05, 0) is 41.5 Å². The summed E-state index contributed by atoms with van der Waals surface area (Å²) in [5.41, 5.74) is -1.39. The number of hydrogen-bond acceptors (Lipinski definition) is 0. The second-order valence-corrected chi connectivity index (χ2v) is 4.06. The Labute approximate surface area is 110 Å². The first kappa shape index (κ1) is 14.4. The standard InChI is InChI=1S/C14H7F6/c15-13(16,17)11-6-4-9(5-7-11)10-2-1-3-12(8-10)14(18,19)20/h1,3-8H. The predicted molar refractivity (Wildman–Crippen MR) is 60.7 cm³/mol. The molecule has 105 valence electrons. The van der Waals surface area contributed by atoms with E-state index in [1.165, 1.54) is 0 Å². The molecule has 2 aromatic rings. The van der Waals surface area contributed by atoms with Crippen LogP contribution in [0.3, 0.4) is 0 Å². The van der Waals surface area contributed by atoms with Gasteiger partial charge in [-0.1, -0.05) is 18.2 Å². The van der Waals surface area contributed by atoms with Gasteiger partial charge in [-0.2, -0.15) is 26.3 Å². The maximum absolute atomic E-state index is 12.5. The summed E-state index contributed by atoms with van der Waals surface area (Å²) in [6.07, 6.45) is -8.98. The average Bonchev–Trinajstić information content (AvgIpc) is 2.37. The summed E-state index contributed by atoms with van der Waals surface area (Å²) < 4.78 is 74.8. The second-order valence-electron chi connectivity index (χ2n) is 4.06. The van der Waals surface area contributed by atoms with Gasteiger partial charge in [-0.15, -0.1) is 0 Å². The predicted octanol–water partition coefficient (Wildman–Crippen LogP) is 5.19. The lowest BCUT2D eigenvalue weighted by Gasteiger charge is -2.10. The van der Waals surface area contributed by atoms with Gasteiger partial charge in [0, 0.05) is 0 Å². The number of alkyl halides is 6. The fourth-order valence-corrected chi connectivity index (χ4v) is 1.65. The van der Waals surface area contributed by atoms with Gasteiger partial charge >= 0.3 is 12.4 Å². The van der Waals surface area contributed by atoms with Crippen LogP contribution in [-0.2, 0) is 12.4 Å². The van der Waals surface area contributed by atoms with Crippen molar-refractivity contribution in [1.82, 2.24) is 0 Å². The van der Waals surface area contributed by atoms with Crippen molar-refractivity contribution in [3.63, 3.8) is 0 Å². The lowest BCUT2D eigenvalue weighted by atomic mass is 10.0. The topological polar surface area (TPSA) is 0 Å². The molecule has 2 aromatic carbocycles. The van der Waals surface area contributed by atoms with E-state index in [1.807, 2.05) is 0 Å². The van der Waals surface area contributed by atoms with Crippen molar-refractivity contribution < 1.29 is 26.3 Å². The minimum atomic E-state index is -4.50. The quantitative estimate of drug-likeness (QED) is 0.634. The summed E-state index contributed by atoms with van der Waals surface area (Å²) in [4.78, 5) is 0. The minimum absolute atomic E-state index is 0.0912. The highest BCUT2D eigenvalue weighted by atomic mass is 19.4. The molecule has 0 saturated heterocycles.